The van der Waals surface area contributed by atoms with Crippen LogP contribution in [0.4, 0.5) is 0 Å². The summed E-state index contributed by atoms with van der Waals surface area (Å²) in [4.78, 5) is 16.7. The molecule has 0 amide bonds. The predicted molar refractivity (Wildman–Crippen MR) is 55.2 cm³/mol. The SMILES string of the molecule is COC(=O)[C@@H]1CC[C@@H](N=[N+]=[N-])[C@H](N=[N+]=[N-])C1. The molecule has 0 N–H and O–H groups in total. The third-order valence-corrected chi connectivity index (χ3v) is 2.72. The van der Waals surface area contributed by atoms with Crippen LogP contribution >= 0.6 is 0 Å². The van der Waals surface area contributed by atoms with E-state index in [0.29, 0.717) is 19.3 Å². The summed E-state index contributed by atoms with van der Waals surface area (Å²) in [6.07, 6.45) is 1.50. The van der Waals surface area contributed by atoms with Gasteiger partial charge in [0.15, 0.2) is 0 Å². The van der Waals surface area contributed by atoms with Gasteiger partial charge in [0.25, 0.3) is 0 Å². The van der Waals surface area contributed by atoms with Crippen molar-refractivity contribution < 1.29 is 9.53 Å². The van der Waals surface area contributed by atoms with Crippen molar-refractivity contribution in [3.05, 3.63) is 20.9 Å². The average Bonchev–Trinajstić information content (AvgIpc) is 2.31. The summed E-state index contributed by atoms with van der Waals surface area (Å²) in [5.74, 6) is -0.580. The lowest BCUT2D eigenvalue weighted by Crippen LogP contribution is -2.34. The maximum absolute atomic E-state index is 11.3. The van der Waals surface area contributed by atoms with Gasteiger partial charge >= 0.3 is 5.97 Å². The van der Waals surface area contributed by atoms with Crippen LogP contribution in [0.1, 0.15) is 19.3 Å². The van der Waals surface area contributed by atoms with Crippen molar-refractivity contribution in [3.63, 3.8) is 0 Å². The van der Waals surface area contributed by atoms with Gasteiger partial charge in [-0.1, -0.05) is 10.2 Å². The van der Waals surface area contributed by atoms with Gasteiger partial charge in [0, 0.05) is 21.9 Å². The Kier molecular flexibility index (Phi) is 4.44. The first kappa shape index (κ1) is 12.2. The van der Waals surface area contributed by atoms with Crippen molar-refractivity contribution in [2.45, 2.75) is 31.3 Å². The van der Waals surface area contributed by atoms with Crippen molar-refractivity contribution in [2.24, 2.45) is 16.1 Å². The van der Waals surface area contributed by atoms with E-state index in [2.05, 4.69) is 24.8 Å². The minimum Gasteiger partial charge on any atom is -0.469 e. The van der Waals surface area contributed by atoms with Crippen LogP contribution in [0.5, 0.6) is 0 Å². The van der Waals surface area contributed by atoms with Gasteiger partial charge in [-0.2, -0.15) is 0 Å². The molecule has 1 fully saturated rings. The number of methoxy groups -OCH3 is 1. The van der Waals surface area contributed by atoms with Crippen LogP contribution in [-0.2, 0) is 9.53 Å². The van der Waals surface area contributed by atoms with Gasteiger partial charge in [0.1, 0.15) is 0 Å². The van der Waals surface area contributed by atoms with E-state index in [1.54, 1.807) is 0 Å². The Morgan fingerprint density at radius 1 is 1.25 bits per heavy atom. The predicted octanol–water partition coefficient (Wildman–Crippen LogP) is 2.32. The molecule has 3 atom stereocenters. The molecule has 8 nitrogen and oxygen atoms in total. The molecule has 0 saturated heterocycles. The van der Waals surface area contributed by atoms with Crippen molar-refractivity contribution in [1.29, 1.82) is 0 Å². The Morgan fingerprint density at radius 3 is 2.44 bits per heavy atom. The molecule has 1 aliphatic carbocycles. The topological polar surface area (TPSA) is 124 Å². The van der Waals surface area contributed by atoms with Crippen LogP contribution in [0.3, 0.4) is 0 Å². The minimum atomic E-state index is -0.459. The van der Waals surface area contributed by atoms with E-state index < -0.39 is 6.04 Å². The molecule has 0 bridgehead atoms. The second kappa shape index (κ2) is 5.85. The van der Waals surface area contributed by atoms with Crippen molar-refractivity contribution in [2.75, 3.05) is 7.11 Å². The molecule has 0 aromatic rings. The molecule has 0 aromatic carbocycles. The number of rotatable bonds is 3. The van der Waals surface area contributed by atoms with Crippen LogP contribution in [-0.4, -0.2) is 25.2 Å². The highest BCUT2D eigenvalue weighted by molar-refractivity contribution is 5.72. The number of nitrogens with zero attached hydrogens (tertiary/aromatic N) is 6. The summed E-state index contributed by atoms with van der Waals surface area (Å²) in [5, 5.41) is 7.13. The van der Waals surface area contributed by atoms with Crippen molar-refractivity contribution in [3.8, 4) is 0 Å². The van der Waals surface area contributed by atoms with E-state index in [0.717, 1.165) is 0 Å². The maximum Gasteiger partial charge on any atom is 0.308 e. The molecular formula is C8H12N6O2. The van der Waals surface area contributed by atoms with E-state index in [9.17, 15) is 4.79 Å². The Bertz CT molecular complexity index is 358. The van der Waals surface area contributed by atoms with Crippen LogP contribution in [0, 0.1) is 5.92 Å². The molecule has 0 unspecified atom stereocenters. The van der Waals surface area contributed by atoms with Crippen molar-refractivity contribution >= 4 is 5.97 Å². The molecule has 16 heavy (non-hydrogen) atoms. The Labute approximate surface area is 91.8 Å². The largest absolute Gasteiger partial charge is 0.469 e. The van der Waals surface area contributed by atoms with Gasteiger partial charge in [0.05, 0.1) is 13.0 Å². The maximum atomic E-state index is 11.3. The molecule has 0 aliphatic heterocycles. The molecule has 0 spiro atoms. The lowest BCUT2D eigenvalue weighted by molar-refractivity contribution is -0.146. The molecule has 86 valence electrons. The number of carbonyl (C=O) groups is 1. The number of hydrogen-bond donors (Lipinski definition) is 0. The normalized spacial score (nSPS) is 28.4. The van der Waals surface area contributed by atoms with Gasteiger partial charge in [-0.15, -0.1) is 0 Å². The van der Waals surface area contributed by atoms with Crippen LogP contribution in [0.25, 0.3) is 20.9 Å². The van der Waals surface area contributed by atoms with Gasteiger partial charge in [-0.25, -0.2) is 0 Å². The fourth-order valence-corrected chi connectivity index (χ4v) is 1.90. The zero-order valence-electron chi connectivity index (χ0n) is 8.85. The molecule has 1 aliphatic rings. The monoisotopic (exact) mass is 224 g/mol. The Morgan fingerprint density at radius 2 is 1.88 bits per heavy atom. The summed E-state index contributed by atoms with van der Waals surface area (Å²) in [7, 11) is 1.32. The zero-order chi connectivity index (χ0) is 12.0. The first-order chi connectivity index (χ1) is 7.72. The summed E-state index contributed by atoms with van der Waals surface area (Å²) in [6.45, 7) is 0. The number of ether oxygens (including phenoxy) is 1. The smallest absolute Gasteiger partial charge is 0.308 e. The van der Waals surface area contributed by atoms with E-state index in [4.69, 9.17) is 11.1 Å². The number of carbonyl (C=O) groups excluding carboxylic acids is 1. The first-order valence-corrected chi connectivity index (χ1v) is 4.89. The lowest BCUT2D eigenvalue weighted by Gasteiger charge is -2.29. The van der Waals surface area contributed by atoms with Crippen LogP contribution < -0.4 is 0 Å². The number of hydrogen-bond acceptors (Lipinski definition) is 4. The molecule has 0 aromatic heterocycles. The third-order valence-electron chi connectivity index (χ3n) is 2.72. The number of azide groups is 2. The summed E-state index contributed by atoms with van der Waals surface area (Å²) in [5.41, 5.74) is 16.8. The van der Waals surface area contributed by atoms with E-state index in [1.165, 1.54) is 7.11 Å². The molecule has 1 saturated carbocycles. The highest BCUT2D eigenvalue weighted by Crippen LogP contribution is 2.29. The van der Waals surface area contributed by atoms with Crippen molar-refractivity contribution in [1.82, 2.24) is 0 Å². The van der Waals surface area contributed by atoms with E-state index >= 15 is 0 Å². The Hall–Kier alpha value is -1.91. The van der Waals surface area contributed by atoms with Gasteiger partial charge in [-0.3, -0.25) is 4.79 Å². The van der Waals surface area contributed by atoms with E-state index in [1.807, 2.05) is 0 Å². The van der Waals surface area contributed by atoms with Crippen LogP contribution in [0.15, 0.2) is 10.2 Å². The standard InChI is InChI=1S/C8H12N6O2/c1-16-8(15)5-2-3-6(11-13-9)7(4-5)12-14-10/h5-7H,2-4H2,1H3/t5-,6-,7-/m1/s1. The average molecular weight is 224 g/mol. The fourth-order valence-electron chi connectivity index (χ4n) is 1.90. The first-order valence-electron chi connectivity index (χ1n) is 4.89. The molecule has 8 heteroatoms. The highest BCUT2D eigenvalue weighted by atomic mass is 16.5. The highest BCUT2D eigenvalue weighted by Gasteiger charge is 2.33. The zero-order valence-corrected chi connectivity index (χ0v) is 8.85. The fraction of sp³-hybridized carbons (Fsp3) is 0.875. The van der Waals surface area contributed by atoms with Gasteiger partial charge in [0.2, 0.25) is 0 Å². The summed E-state index contributed by atoms with van der Waals surface area (Å²) < 4.78 is 4.63. The lowest BCUT2D eigenvalue weighted by atomic mass is 9.83. The molecule has 0 heterocycles. The summed E-state index contributed by atoms with van der Waals surface area (Å²) in [6, 6.07) is -0.819. The molecule has 1 rings (SSSR count). The Balaban J connectivity index is 2.75. The number of esters is 1. The molecule has 0 radical (unpaired) electrons. The second-order valence-electron chi connectivity index (χ2n) is 3.58. The minimum absolute atomic E-state index is 0.273. The van der Waals surface area contributed by atoms with Gasteiger partial charge < -0.3 is 4.74 Å². The van der Waals surface area contributed by atoms with E-state index in [-0.39, 0.29) is 17.9 Å². The van der Waals surface area contributed by atoms with Gasteiger partial charge in [-0.05, 0) is 30.3 Å². The third kappa shape index (κ3) is 2.79. The second-order valence-corrected chi connectivity index (χ2v) is 3.58. The van der Waals surface area contributed by atoms with Crippen LogP contribution in [0.2, 0.25) is 0 Å². The quantitative estimate of drug-likeness (QED) is 0.316. The molecular weight excluding hydrogens is 212 g/mol. The summed E-state index contributed by atoms with van der Waals surface area (Å²) >= 11 is 0.